The number of likely N-dealkylation sites (N-methyl/N-ethyl adjacent to an activating group) is 1. The summed E-state index contributed by atoms with van der Waals surface area (Å²) < 4.78 is 1.73. The molecule has 0 saturated carbocycles. The first kappa shape index (κ1) is 13.7. The maximum atomic E-state index is 11.9. The minimum absolute atomic E-state index is 0.0640. The third kappa shape index (κ3) is 2.85. The number of amides is 1. The summed E-state index contributed by atoms with van der Waals surface area (Å²) in [5.41, 5.74) is 8.58. The SMILES string of the molecule is Cc1nn(CC(=O)N(C)C(C)C)c(C)c1CN. The van der Waals surface area contributed by atoms with Gasteiger partial charge in [-0.25, -0.2) is 0 Å². The fraction of sp³-hybridized carbons (Fsp3) is 0.667. The Bertz CT molecular complexity index is 409. The van der Waals surface area contributed by atoms with Gasteiger partial charge in [0.25, 0.3) is 0 Å². The van der Waals surface area contributed by atoms with Crippen LogP contribution in [0.15, 0.2) is 0 Å². The Hall–Kier alpha value is -1.36. The van der Waals surface area contributed by atoms with E-state index in [9.17, 15) is 4.79 Å². The third-order valence-corrected chi connectivity index (χ3v) is 3.19. The summed E-state index contributed by atoms with van der Waals surface area (Å²) in [6.45, 7) is 8.59. The van der Waals surface area contributed by atoms with Crippen LogP contribution in [0, 0.1) is 13.8 Å². The summed E-state index contributed by atoms with van der Waals surface area (Å²) in [6.07, 6.45) is 0. The Morgan fingerprint density at radius 3 is 2.47 bits per heavy atom. The second-order valence-corrected chi connectivity index (χ2v) is 4.61. The van der Waals surface area contributed by atoms with Gasteiger partial charge in [-0.1, -0.05) is 0 Å². The molecule has 0 spiro atoms. The van der Waals surface area contributed by atoms with Gasteiger partial charge in [-0.05, 0) is 27.7 Å². The van der Waals surface area contributed by atoms with Gasteiger partial charge in [-0.2, -0.15) is 5.10 Å². The van der Waals surface area contributed by atoms with E-state index in [-0.39, 0.29) is 18.5 Å². The lowest BCUT2D eigenvalue weighted by Gasteiger charge is -2.21. The van der Waals surface area contributed by atoms with Crippen molar-refractivity contribution < 1.29 is 4.79 Å². The van der Waals surface area contributed by atoms with E-state index in [1.807, 2.05) is 34.7 Å². The van der Waals surface area contributed by atoms with E-state index in [2.05, 4.69) is 5.10 Å². The predicted molar refractivity (Wildman–Crippen MR) is 67.5 cm³/mol. The predicted octanol–water partition coefficient (Wildman–Crippen LogP) is 0.825. The summed E-state index contributed by atoms with van der Waals surface area (Å²) >= 11 is 0. The molecular weight excluding hydrogens is 216 g/mol. The van der Waals surface area contributed by atoms with E-state index in [0.29, 0.717) is 6.54 Å². The molecule has 2 N–H and O–H groups in total. The number of aryl methyl sites for hydroxylation is 1. The summed E-state index contributed by atoms with van der Waals surface area (Å²) in [7, 11) is 1.81. The van der Waals surface area contributed by atoms with Crippen LogP contribution >= 0.6 is 0 Å². The fourth-order valence-electron chi connectivity index (χ4n) is 1.71. The van der Waals surface area contributed by atoms with Crippen molar-refractivity contribution in [1.29, 1.82) is 0 Å². The molecule has 5 heteroatoms. The van der Waals surface area contributed by atoms with Crippen molar-refractivity contribution >= 4 is 5.91 Å². The van der Waals surface area contributed by atoms with Gasteiger partial charge in [0.1, 0.15) is 6.54 Å². The Morgan fingerprint density at radius 1 is 1.47 bits per heavy atom. The molecule has 1 aromatic heterocycles. The molecular formula is C12H22N4O. The van der Waals surface area contributed by atoms with Gasteiger partial charge in [-0.3, -0.25) is 9.48 Å². The normalized spacial score (nSPS) is 11.0. The summed E-state index contributed by atoms with van der Waals surface area (Å²) in [6, 6.07) is 0.202. The molecule has 1 rings (SSSR count). The van der Waals surface area contributed by atoms with Crippen LogP contribution in [-0.4, -0.2) is 33.7 Å². The lowest BCUT2D eigenvalue weighted by molar-refractivity contribution is -0.132. The second kappa shape index (κ2) is 5.31. The van der Waals surface area contributed by atoms with E-state index in [0.717, 1.165) is 17.0 Å². The Morgan fingerprint density at radius 2 is 2.06 bits per heavy atom. The Labute approximate surface area is 103 Å². The molecule has 0 aliphatic heterocycles. The van der Waals surface area contributed by atoms with Gasteiger partial charge in [0, 0.05) is 30.9 Å². The first-order valence-corrected chi connectivity index (χ1v) is 5.87. The van der Waals surface area contributed by atoms with E-state index in [1.54, 1.807) is 9.58 Å². The largest absolute Gasteiger partial charge is 0.342 e. The molecule has 1 heterocycles. The van der Waals surface area contributed by atoms with Crippen molar-refractivity contribution in [2.45, 2.75) is 46.8 Å². The van der Waals surface area contributed by atoms with Crippen molar-refractivity contribution in [3.8, 4) is 0 Å². The van der Waals surface area contributed by atoms with Crippen molar-refractivity contribution in [1.82, 2.24) is 14.7 Å². The van der Waals surface area contributed by atoms with Crippen molar-refractivity contribution in [3.63, 3.8) is 0 Å². The van der Waals surface area contributed by atoms with Crippen molar-refractivity contribution in [3.05, 3.63) is 17.0 Å². The molecule has 17 heavy (non-hydrogen) atoms. The summed E-state index contributed by atoms with van der Waals surface area (Å²) in [5.74, 6) is 0.0640. The van der Waals surface area contributed by atoms with Crippen LogP contribution in [-0.2, 0) is 17.9 Å². The second-order valence-electron chi connectivity index (χ2n) is 4.61. The highest BCUT2D eigenvalue weighted by atomic mass is 16.2. The minimum Gasteiger partial charge on any atom is -0.342 e. The lowest BCUT2D eigenvalue weighted by Crippen LogP contribution is -2.36. The van der Waals surface area contributed by atoms with Crippen LogP contribution < -0.4 is 5.73 Å². The van der Waals surface area contributed by atoms with Crippen LogP contribution in [0.2, 0.25) is 0 Å². The van der Waals surface area contributed by atoms with Crippen LogP contribution in [0.4, 0.5) is 0 Å². The number of hydrogen-bond acceptors (Lipinski definition) is 3. The smallest absolute Gasteiger partial charge is 0.244 e. The third-order valence-electron chi connectivity index (χ3n) is 3.19. The molecule has 5 nitrogen and oxygen atoms in total. The first-order valence-electron chi connectivity index (χ1n) is 5.87. The van der Waals surface area contributed by atoms with Gasteiger partial charge in [0.2, 0.25) is 5.91 Å². The minimum atomic E-state index is 0.0640. The van der Waals surface area contributed by atoms with Crippen molar-refractivity contribution in [2.75, 3.05) is 7.05 Å². The number of carbonyl (C=O) groups is 1. The highest BCUT2D eigenvalue weighted by Crippen LogP contribution is 2.12. The van der Waals surface area contributed by atoms with Gasteiger partial charge >= 0.3 is 0 Å². The zero-order valence-corrected chi connectivity index (χ0v) is 11.3. The van der Waals surface area contributed by atoms with Crippen LogP contribution in [0.25, 0.3) is 0 Å². The molecule has 0 fully saturated rings. The summed E-state index contributed by atoms with van der Waals surface area (Å²) in [4.78, 5) is 13.7. The van der Waals surface area contributed by atoms with Crippen molar-refractivity contribution in [2.24, 2.45) is 5.73 Å². The van der Waals surface area contributed by atoms with E-state index >= 15 is 0 Å². The quantitative estimate of drug-likeness (QED) is 0.845. The first-order chi connectivity index (χ1) is 7.88. The average molecular weight is 238 g/mol. The zero-order valence-electron chi connectivity index (χ0n) is 11.3. The molecule has 96 valence electrons. The van der Waals surface area contributed by atoms with E-state index in [4.69, 9.17) is 5.73 Å². The molecule has 0 saturated heterocycles. The number of carbonyl (C=O) groups excluding carboxylic acids is 1. The molecule has 0 aromatic carbocycles. The molecule has 0 radical (unpaired) electrons. The number of hydrogen-bond donors (Lipinski definition) is 1. The van der Waals surface area contributed by atoms with Gasteiger partial charge in [0.05, 0.1) is 5.69 Å². The van der Waals surface area contributed by atoms with E-state index in [1.165, 1.54) is 0 Å². The van der Waals surface area contributed by atoms with Crippen LogP contribution in [0.5, 0.6) is 0 Å². The Kier molecular flexibility index (Phi) is 4.28. The van der Waals surface area contributed by atoms with E-state index < -0.39 is 0 Å². The highest BCUT2D eigenvalue weighted by molar-refractivity contribution is 5.76. The van der Waals surface area contributed by atoms with Gasteiger partial charge < -0.3 is 10.6 Å². The molecule has 0 bridgehead atoms. The highest BCUT2D eigenvalue weighted by Gasteiger charge is 2.16. The molecule has 0 aliphatic rings. The molecule has 1 amide bonds. The number of nitrogens with two attached hydrogens (primary N) is 1. The molecule has 0 aliphatic carbocycles. The number of nitrogens with zero attached hydrogens (tertiary/aromatic N) is 3. The molecule has 0 unspecified atom stereocenters. The maximum absolute atomic E-state index is 11.9. The average Bonchev–Trinajstić information content (AvgIpc) is 2.52. The standard InChI is InChI=1S/C12H22N4O/c1-8(2)15(5)12(17)7-16-10(4)11(6-13)9(3)14-16/h8H,6-7,13H2,1-5H3. The molecule has 1 aromatic rings. The Balaban J connectivity index is 2.86. The monoisotopic (exact) mass is 238 g/mol. The maximum Gasteiger partial charge on any atom is 0.244 e. The fourth-order valence-corrected chi connectivity index (χ4v) is 1.71. The number of rotatable bonds is 4. The van der Waals surface area contributed by atoms with Crippen LogP contribution in [0.1, 0.15) is 30.8 Å². The van der Waals surface area contributed by atoms with Crippen LogP contribution in [0.3, 0.4) is 0 Å². The lowest BCUT2D eigenvalue weighted by atomic mass is 10.2. The number of aromatic nitrogens is 2. The zero-order chi connectivity index (χ0) is 13.2. The summed E-state index contributed by atoms with van der Waals surface area (Å²) in [5, 5.41) is 4.35. The van der Waals surface area contributed by atoms with Gasteiger partial charge in [0.15, 0.2) is 0 Å². The topological polar surface area (TPSA) is 64.2 Å². The van der Waals surface area contributed by atoms with Gasteiger partial charge in [-0.15, -0.1) is 0 Å². The molecule has 0 atom stereocenters.